The largest absolute Gasteiger partial charge is 0.339 e. The zero-order valence-corrected chi connectivity index (χ0v) is 13.9. The molecule has 5 nitrogen and oxygen atoms in total. The van der Waals surface area contributed by atoms with Crippen LogP contribution in [0.2, 0.25) is 0 Å². The third-order valence-corrected chi connectivity index (χ3v) is 4.39. The topological polar surface area (TPSA) is 41.4 Å². The van der Waals surface area contributed by atoms with Gasteiger partial charge in [0.15, 0.2) is 0 Å². The second kappa shape index (κ2) is 6.86. The standard InChI is InChI=1S/C18H24N4O/c1-3-20-8-7-19-18(20)22-11-9-21(10-12-22)17(23)14-16-6-4-5-15(2)13-16/h4-8,13H,3,9-12,14H2,1-2H3. The quantitative estimate of drug-likeness (QED) is 0.868. The first-order chi connectivity index (χ1) is 11.2. The van der Waals surface area contributed by atoms with Crippen molar-refractivity contribution in [3.05, 3.63) is 47.8 Å². The molecule has 1 amide bonds. The zero-order valence-electron chi connectivity index (χ0n) is 13.9. The van der Waals surface area contributed by atoms with E-state index in [0.717, 1.165) is 44.2 Å². The number of benzene rings is 1. The number of anilines is 1. The Bertz CT molecular complexity index is 671. The van der Waals surface area contributed by atoms with Gasteiger partial charge >= 0.3 is 0 Å². The maximum absolute atomic E-state index is 12.5. The minimum absolute atomic E-state index is 0.217. The van der Waals surface area contributed by atoms with Crippen LogP contribution < -0.4 is 4.90 Å². The molecule has 23 heavy (non-hydrogen) atoms. The summed E-state index contributed by atoms with van der Waals surface area (Å²) in [7, 11) is 0. The van der Waals surface area contributed by atoms with E-state index >= 15 is 0 Å². The van der Waals surface area contributed by atoms with Gasteiger partial charge in [-0.05, 0) is 19.4 Å². The highest BCUT2D eigenvalue weighted by Gasteiger charge is 2.23. The number of rotatable bonds is 4. The Balaban J connectivity index is 1.57. The summed E-state index contributed by atoms with van der Waals surface area (Å²) in [4.78, 5) is 21.2. The summed E-state index contributed by atoms with van der Waals surface area (Å²) in [5, 5.41) is 0. The Morgan fingerprint density at radius 2 is 2.00 bits per heavy atom. The molecule has 0 unspecified atom stereocenters. The van der Waals surface area contributed by atoms with Crippen LogP contribution in [0.25, 0.3) is 0 Å². The minimum Gasteiger partial charge on any atom is -0.339 e. The van der Waals surface area contributed by atoms with Crippen LogP contribution in [0.15, 0.2) is 36.7 Å². The number of carbonyl (C=O) groups excluding carboxylic acids is 1. The van der Waals surface area contributed by atoms with Gasteiger partial charge in [-0.3, -0.25) is 4.79 Å². The van der Waals surface area contributed by atoms with Crippen molar-refractivity contribution in [1.29, 1.82) is 0 Å². The molecule has 0 N–H and O–H groups in total. The van der Waals surface area contributed by atoms with E-state index in [0.29, 0.717) is 6.42 Å². The molecule has 122 valence electrons. The molecule has 1 aliphatic rings. The lowest BCUT2D eigenvalue weighted by Crippen LogP contribution is -2.49. The molecule has 0 aliphatic carbocycles. The van der Waals surface area contributed by atoms with E-state index in [9.17, 15) is 4.79 Å². The van der Waals surface area contributed by atoms with Crippen LogP contribution in [0.4, 0.5) is 5.95 Å². The lowest BCUT2D eigenvalue weighted by Gasteiger charge is -2.35. The fourth-order valence-corrected chi connectivity index (χ4v) is 3.10. The first-order valence-corrected chi connectivity index (χ1v) is 8.27. The van der Waals surface area contributed by atoms with E-state index < -0.39 is 0 Å². The Kier molecular flexibility index (Phi) is 4.65. The van der Waals surface area contributed by atoms with Crippen LogP contribution in [0.5, 0.6) is 0 Å². The Morgan fingerprint density at radius 1 is 1.22 bits per heavy atom. The Labute approximate surface area is 137 Å². The molecule has 3 rings (SSSR count). The molecule has 2 aromatic rings. The van der Waals surface area contributed by atoms with Crippen molar-refractivity contribution < 1.29 is 4.79 Å². The van der Waals surface area contributed by atoms with Gasteiger partial charge in [-0.25, -0.2) is 4.98 Å². The van der Waals surface area contributed by atoms with Crippen LogP contribution in [-0.4, -0.2) is 46.5 Å². The molecule has 1 aromatic carbocycles. The molecule has 0 saturated carbocycles. The van der Waals surface area contributed by atoms with Crippen LogP contribution in [0.1, 0.15) is 18.1 Å². The summed E-state index contributed by atoms with van der Waals surface area (Å²) in [5.41, 5.74) is 2.30. The van der Waals surface area contributed by atoms with Crippen molar-refractivity contribution >= 4 is 11.9 Å². The molecule has 1 aliphatic heterocycles. The molecule has 1 aromatic heterocycles. The normalized spacial score (nSPS) is 15.0. The highest BCUT2D eigenvalue weighted by molar-refractivity contribution is 5.79. The van der Waals surface area contributed by atoms with Gasteiger partial charge in [0.2, 0.25) is 11.9 Å². The van der Waals surface area contributed by atoms with Crippen molar-refractivity contribution in [2.24, 2.45) is 0 Å². The van der Waals surface area contributed by atoms with E-state index in [2.05, 4.69) is 40.4 Å². The number of amides is 1. The minimum atomic E-state index is 0.217. The number of carbonyl (C=O) groups is 1. The fourth-order valence-electron chi connectivity index (χ4n) is 3.10. The first kappa shape index (κ1) is 15.6. The summed E-state index contributed by atoms with van der Waals surface area (Å²) in [6.45, 7) is 8.31. The number of nitrogens with zero attached hydrogens (tertiary/aromatic N) is 4. The average molecular weight is 312 g/mol. The monoisotopic (exact) mass is 312 g/mol. The number of hydrogen-bond donors (Lipinski definition) is 0. The summed E-state index contributed by atoms with van der Waals surface area (Å²) in [6.07, 6.45) is 4.34. The van der Waals surface area contributed by atoms with E-state index in [1.165, 1.54) is 5.56 Å². The van der Waals surface area contributed by atoms with Crippen molar-refractivity contribution in [3.8, 4) is 0 Å². The van der Waals surface area contributed by atoms with Gasteiger partial charge < -0.3 is 14.4 Å². The van der Waals surface area contributed by atoms with Gasteiger partial charge in [-0.15, -0.1) is 0 Å². The number of aryl methyl sites for hydroxylation is 2. The summed E-state index contributed by atoms with van der Waals surface area (Å²) < 4.78 is 2.14. The van der Waals surface area contributed by atoms with E-state index in [4.69, 9.17) is 0 Å². The smallest absolute Gasteiger partial charge is 0.227 e. The molecular formula is C18H24N4O. The molecule has 2 heterocycles. The highest BCUT2D eigenvalue weighted by Crippen LogP contribution is 2.15. The van der Waals surface area contributed by atoms with Gasteiger partial charge in [0.25, 0.3) is 0 Å². The van der Waals surface area contributed by atoms with Crippen molar-refractivity contribution in [2.75, 3.05) is 31.1 Å². The molecule has 5 heteroatoms. The van der Waals surface area contributed by atoms with Crippen LogP contribution in [-0.2, 0) is 17.8 Å². The molecule has 0 atom stereocenters. The summed E-state index contributed by atoms with van der Waals surface area (Å²) >= 11 is 0. The molecular weight excluding hydrogens is 288 g/mol. The lowest BCUT2D eigenvalue weighted by molar-refractivity contribution is -0.130. The second-order valence-corrected chi connectivity index (χ2v) is 6.05. The number of imidazole rings is 1. The van der Waals surface area contributed by atoms with Crippen LogP contribution in [0.3, 0.4) is 0 Å². The van der Waals surface area contributed by atoms with Crippen molar-refractivity contribution in [3.63, 3.8) is 0 Å². The van der Waals surface area contributed by atoms with Gasteiger partial charge in [0.1, 0.15) is 0 Å². The lowest BCUT2D eigenvalue weighted by atomic mass is 10.1. The van der Waals surface area contributed by atoms with E-state index in [-0.39, 0.29) is 5.91 Å². The van der Waals surface area contributed by atoms with E-state index in [1.807, 2.05) is 29.4 Å². The molecule has 1 saturated heterocycles. The first-order valence-electron chi connectivity index (χ1n) is 8.27. The van der Waals surface area contributed by atoms with Crippen molar-refractivity contribution in [2.45, 2.75) is 26.8 Å². The Hall–Kier alpha value is -2.30. The predicted molar refractivity (Wildman–Crippen MR) is 91.6 cm³/mol. The Morgan fingerprint density at radius 3 is 2.70 bits per heavy atom. The third kappa shape index (κ3) is 3.55. The summed E-state index contributed by atoms with van der Waals surface area (Å²) in [5.74, 6) is 1.23. The maximum atomic E-state index is 12.5. The van der Waals surface area contributed by atoms with Crippen molar-refractivity contribution in [1.82, 2.24) is 14.5 Å². The van der Waals surface area contributed by atoms with Crippen LogP contribution in [0, 0.1) is 6.92 Å². The average Bonchev–Trinajstić information content (AvgIpc) is 3.03. The summed E-state index contributed by atoms with van der Waals surface area (Å²) in [6, 6.07) is 8.19. The molecule has 0 spiro atoms. The predicted octanol–water partition coefficient (Wildman–Crippen LogP) is 2.10. The SMILES string of the molecule is CCn1ccnc1N1CCN(C(=O)Cc2cccc(C)c2)CC1. The van der Waals surface area contributed by atoms with Gasteiger partial charge in [-0.2, -0.15) is 0 Å². The van der Waals surface area contributed by atoms with Gasteiger partial charge in [0, 0.05) is 45.1 Å². The maximum Gasteiger partial charge on any atom is 0.227 e. The number of piperazine rings is 1. The zero-order chi connectivity index (χ0) is 16.2. The van der Waals surface area contributed by atoms with E-state index in [1.54, 1.807) is 0 Å². The fraction of sp³-hybridized carbons (Fsp3) is 0.444. The third-order valence-electron chi connectivity index (χ3n) is 4.39. The molecule has 1 fully saturated rings. The van der Waals surface area contributed by atoms with Crippen LogP contribution >= 0.6 is 0 Å². The van der Waals surface area contributed by atoms with Gasteiger partial charge in [-0.1, -0.05) is 29.8 Å². The van der Waals surface area contributed by atoms with Gasteiger partial charge in [0.05, 0.1) is 6.42 Å². The molecule has 0 radical (unpaired) electrons. The molecule has 0 bridgehead atoms. The number of aromatic nitrogens is 2. The number of hydrogen-bond acceptors (Lipinski definition) is 3. The highest BCUT2D eigenvalue weighted by atomic mass is 16.2. The second-order valence-electron chi connectivity index (χ2n) is 6.05.